The number of likely N-dealkylation sites (N-methyl/N-ethyl adjacent to an activating group) is 1. The number of piperazine rings is 1. The summed E-state index contributed by atoms with van der Waals surface area (Å²) in [4.78, 5) is 12.3. The van der Waals surface area contributed by atoms with Crippen molar-refractivity contribution in [3.05, 3.63) is 30.3 Å². The lowest BCUT2D eigenvalue weighted by Gasteiger charge is -2.42. The van der Waals surface area contributed by atoms with Gasteiger partial charge in [0.15, 0.2) is 5.96 Å². The third-order valence-corrected chi connectivity index (χ3v) is 6.32. The van der Waals surface area contributed by atoms with Crippen LogP contribution in [0.4, 0.5) is 0 Å². The molecule has 31 heavy (non-hydrogen) atoms. The van der Waals surface area contributed by atoms with Crippen LogP contribution in [0.5, 0.6) is 5.75 Å². The van der Waals surface area contributed by atoms with E-state index in [1.807, 2.05) is 30.3 Å². The summed E-state index contributed by atoms with van der Waals surface area (Å²) in [5, 5.41) is 3.51. The average Bonchev–Trinajstić information content (AvgIpc) is 2.78. The van der Waals surface area contributed by atoms with E-state index in [0.29, 0.717) is 0 Å². The molecule has 0 saturated carbocycles. The molecule has 7 nitrogen and oxygen atoms in total. The third-order valence-electron chi connectivity index (χ3n) is 6.32. The molecule has 0 spiro atoms. The summed E-state index contributed by atoms with van der Waals surface area (Å²) in [6.07, 6.45) is 2.08. The molecule has 0 radical (unpaired) electrons. The van der Waals surface area contributed by atoms with Crippen LogP contribution in [-0.2, 0) is 4.74 Å². The lowest BCUT2D eigenvalue weighted by molar-refractivity contribution is -0.00268. The Kier molecular flexibility index (Phi) is 11.3. The number of rotatable bonds is 8. The van der Waals surface area contributed by atoms with Crippen molar-refractivity contribution in [3.8, 4) is 5.75 Å². The minimum atomic E-state index is 0. The summed E-state index contributed by atoms with van der Waals surface area (Å²) in [7, 11) is 4.34. The fraction of sp³-hybridized carbons (Fsp3) is 0.696. The highest BCUT2D eigenvalue weighted by Crippen LogP contribution is 2.26. The van der Waals surface area contributed by atoms with Crippen molar-refractivity contribution in [2.24, 2.45) is 4.99 Å². The molecule has 1 N–H and O–H groups in total. The van der Waals surface area contributed by atoms with Crippen LogP contribution in [0, 0.1) is 0 Å². The van der Waals surface area contributed by atoms with Crippen LogP contribution in [0.3, 0.4) is 0 Å². The summed E-state index contributed by atoms with van der Waals surface area (Å²) in [5.74, 6) is 1.99. The standard InChI is InChI=1S/C23H39N5O2.HI/c1-4-24-22(25-20-23(26(2)3)10-17-29-18-11-23)28-14-12-27(13-15-28)16-19-30-21-8-6-5-7-9-21;/h5-9H,4,10-20H2,1-3H3,(H,24,25);1H. The van der Waals surface area contributed by atoms with Gasteiger partial charge in [0.25, 0.3) is 0 Å². The van der Waals surface area contributed by atoms with E-state index >= 15 is 0 Å². The highest BCUT2D eigenvalue weighted by Gasteiger charge is 2.35. The molecule has 2 fully saturated rings. The lowest BCUT2D eigenvalue weighted by atomic mass is 9.89. The Bertz CT molecular complexity index is 645. The molecule has 2 saturated heterocycles. The molecule has 0 atom stereocenters. The van der Waals surface area contributed by atoms with Gasteiger partial charge in [-0.3, -0.25) is 9.89 Å². The molecule has 176 valence electrons. The zero-order valence-corrected chi connectivity index (χ0v) is 21.7. The van der Waals surface area contributed by atoms with Crippen LogP contribution in [0.15, 0.2) is 35.3 Å². The molecule has 3 rings (SSSR count). The summed E-state index contributed by atoms with van der Waals surface area (Å²) in [6.45, 7) is 11.3. The smallest absolute Gasteiger partial charge is 0.194 e. The van der Waals surface area contributed by atoms with E-state index < -0.39 is 0 Å². The van der Waals surface area contributed by atoms with Gasteiger partial charge in [-0.15, -0.1) is 24.0 Å². The molecule has 8 heteroatoms. The number of guanidine groups is 1. The van der Waals surface area contributed by atoms with Gasteiger partial charge in [0.1, 0.15) is 12.4 Å². The van der Waals surface area contributed by atoms with Gasteiger partial charge < -0.3 is 24.6 Å². The molecule has 0 aromatic heterocycles. The van der Waals surface area contributed by atoms with Crippen molar-refractivity contribution < 1.29 is 9.47 Å². The predicted molar refractivity (Wildman–Crippen MR) is 138 cm³/mol. The number of benzene rings is 1. The molecule has 2 aliphatic heterocycles. The number of hydrogen-bond acceptors (Lipinski definition) is 5. The molecular formula is C23H40IN5O2. The van der Waals surface area contributed by atoms with Crippen LogP contribution in [0.1, 0.15) is 19.8 Å². The maximum absolute atomic E-state index is 5.85. The molecular weight excluding hydrogens is 505 g/mol. The van der Waals surface area contributed by atoms with Gasteiger partial charge in [-0.05, 0) is 46.0 Å². The molecule has 0 amide bonds. The zero-order valence-electron chi connectivity index (χ0n) is 19.4. The first kappa shape index (κ1) is 26.2. The Labute approximate surface area is 205 Å². The lowest BCUT2D eigenvalue weighted by Crippen LogP contribution is -2.54. The SMILES string of the molecule is CCNC(=NCC1(N(C)C)CCOCC1)N1CCN(CCOc2ccccc2)CC1.I. The van der Waals surface area contributed by atoms with Gasteiger partial charge in [-0.25, -0.2) is 0 Å². The Morgan fingerprint density at radius 3 is 2.42 bits per heavy atom. The fourth-order valence-corrected chi connectivity index (χ4v) is 4.14. The number of para-hydroxylation sites is 1. The summed E-state index contributed by atoms with van der Waals surface area (Å²) in [5.41, 5.74) is 0.107. The van der Waals surface area contributed by atoms with E-state index in [4.69, 9.17) is 14.5 Å². The van der Waals surface area contributed by atoms with Crippen LogP contribution in [0.25, 0.3) is 0 Å². The second-order valence-electron chi connectivity index (χ2n) is 8.39. The number of aliphatic imine (C=N–C) groups is 1. The monoisotopic (exact) mass is 545 g/mol. The van der Waals surface area contributed by atoms with Gasteiger partial charge in [0.05, 0.1) is 6.54 Å². The van der Waals surface area contributed by atoms with Crippen LogP contribution < -0.4 is 10.1 Å². The first-order valence-electron chi connectivity index (χ1n) is 11.3. The van der Waals surface area contributed by atoms with Gasteiger partial charge in [-0.1, -0.05) is 18.2 Å². The molecule has 1 aromatic carbocycles. The number of halogens is 1. The first-order chi connectivity index (χ1) is 14.6. The number of nitrogens with zero attached hydrogens (tertiary/aromatic N) is 4. The Morgan fingerprint density at radius 1 is 1.13 bits per heavy atom. The van der Waals surface area contributed by atoms with Crippen molar-refractivity contribution in [3.63, 3.8) is 0 Å². The normalized spacial score (nSPS) is 19.7. The Balaban J connectivity index is 0.00000341. The molecule has 1 aromatic rings. The van der Waals surface area contributed by atoms with E-state index in [1.54, 1.807) is 0 Å². The highest BCUT2D eigenvalue weighted by molar-refractivity contribution is 14.0. The van der Waals surface area contributed by atoms with Gasteiger partial charge in [0.2, 0.25) is 0 Å². The topological polar surface area (TPSA) is 52.6 Å². The van der Waals surface area contributed by atoms with E-state index in [1.165, 1.54) is 0 Å². The van der Waals surface area contributed by atoms with Gasteiger partial charge >= 0.3 is 0 Å². The van der Waals surface area contributed by atoms with Crippen molar-refractivity contribution >= 4 is 29.9 Å². The van der Waals surface area contributed by atoms with Crippen LogP contribution in [0.2, 0.25) is 0 Å². The molecule has 2 heterocycles. The number of hydrogen-bond donors (Lipinski definition) is 1. The first-order valence-corrected chi connectivity index (χ1v) is 11.3. The quantitative estimate of drug-likeness (QED) is 0.308. The fourth-order valence-electron chi connectivity index (χ4n) is 4.14. The maximum Gasteiger partial charge on any atom is 0.194 e. The van der Waals surface area contributed by atoms with Crippen LogP contribution >= 0.6 is 24.0 Å². The van der Waals surface area contributed by atoms with E-state index in [0.717, 1.165) is 90.2 Å². The molecule has 0 unspecified atom stereocenters. The molecule has 2 aliphatic rings. The Morgan fingerprint density at radius 2 is 1.81 bits per heavy atom. The maximum atomic E-state index is 5.85. The van der Waals surface area contributed by atoms with Crippen LogP contribution in [-0.4, -0.2) is 106 Å². The summed E-state index contributed by atoms with van der Waals surface area (Å²) >= 11 is 0. The second kappa shape index (κ2) is 13.4. The predicted octanol–water partition coefficient (Wildman–Crippen LogP) is 2.38. The van der Waals surface area contributed by atoms with E-state index in [-0.39, 0.29) is 29.5 Å². The minimum Gasteiger partial charge on any atom is -0.492 e. The largest absolute Gasteiger partial charge is 0.492 e. The van der Waals surface area contributed by atoms with Crippen molar-refractivity contribution in [2.75, 3.05) is 79.7 Å². The summed E-state index contributed by atoms with van der Waals surface area (Å²) in [6, 6.07) is 10.1. The summed E-state index contributed by atoms with van der Waals surface area (Å²) < 4.78 is 11.5. The second-order valence-corrected chi connectivity index (χ2v) is 8.39. The molecule has 0 aliphatic carbocycles. The average molecular weight is 546 g/mol. The minimum absolute atomic E-state index is 0. The molecule has 0 bridgehead atoms. The van der Waals surface area contributed by atoms with Crippen molar-refractivity contribution in [1.29, 1.82) is 0 Å². The van der Waals surface area contributed by atoms with Gasteiger partial charge in [0, 0.05) is 58.0 Å². The number of nitrogens with one attached hydrogen (secondary N) is 1. The van der Waals surface area contributed by atoms with Crippen molar-refractivity contribution in [1.82, 2.24) is 20.0 Å². The Hall–Kier alpha value is -1.10. The highest BCUT2D eigenvalue weighted by atomic mass is 127. The van der Waals surface area contributed by atoms with Gasteiger partial charge in [-0.2, -0.15) is 0 Å². The van der Waals surface area contributed by atoms with Crippen molar-refractivity contribution in [2.45, 2.75) is 25.3 Å². The third kappa shape index (κ3) is 7.76. The number of ether oxygens (including phenoxy) is 2. The van der Waals surface area contributed by atoms with E-state index in [2.05, 4.69) is 41.0 Å². The van der Waals surface area contributed by atoms with E-state index in [9.17, 15) is 0 Å². The zero-order chi connectivity index (χ0) is 21.2.